The number of hydrogen-bond acceptors (Lipinski definition) is 3. The molecule has 0 atom stereocenters. The van der Waals surface area contributed by atoms with Crippen molar-refractivity contribution in [1.29, 1.82) is 0 Å². The van der Waals surface area contributed by atoms with Crippen molar-refractivity contribution in [3.63, 3.8) is 0 Å². The second-order valence-electron chi connectivity index (χ2n) is 5.78. The van der Waals surface area contributed by atoms with Crippen LogP contribution >= 0.6 is 0 Å². The molecular formula is C20H16N2O3. The molecule has 1 aliphatic rings. The van der Waals surface area contributed by atoms with Gasteiger partial charge in [-0.1, -0.05) is 12.1 Å². The lowest BCUT2D eigenvalue weighted by Gasteiger charge is -2.08. The first kappa shape index (κ1) is 15.1. The molecule has 25 heavy (non-hydrogen) atoms. The molecule has 1 aliphatic heterocycles. The minimum absolute atomic E-state index is 0.0941. The molecule has 3 aromatic rings. The van der Waals surface area contributed by atoms with Crippen LogP contribution in [0.1, 0.15) is 11.3 Å². The van der Waals surface area contributed by atoms with Gasteiger partial charge < -0.3 is 20.1 Å². The number of methoxy groups -OCH3 is 1. The van der Waals surface area contributed by atoms with Crippen molar-refractivity contribution in [2.75, 3.05) is 12.4 Å². The average Bonchev–Trinajstić information content (AvgIpc) is 3.24. The van der Waals surface area contributed by atoms with E-state index in [0.29, 0.717) is 11.3 Å². The van der Waals surface area contributed by atoms with E-state index < -0.39 is 0 Å². The largest absolute Gasteiger partial charge is 0.504 e. The number of carbonyl (C=O) groups excluding carboxylic acids is 1. The van der Waals surface area contributed by atoms with Crippen LogP contribution < -0.4 is 10.1 Å². The number of phenolic OH excluding ortho intramolecular Hbond substituents is 1. The molecule has 0 spiro atoms. The molecule has 3 N–H and O–H groups in total. The van der Waals surface area contributed by atoms with Gasteiger partial charge in [-0.3, -0.25) is 4.79 Å². The minimum Gasteiger partial charge on any atom is -0.504 e. The van der Waals surface area contributed by atoms with E-state index in [1.807, 2.05) is 48.7 Å². The van der Waals surface area contributed by atoms with Crippen LogP contribution in [-0.2, 0) is 4.79 Å². The molecule has 2 aromatic carbocycles. The predicted octanol–water partition coefficient (Wildman–Crippen LogP) is 3.89. The molecule has 5 heteroatoms. The Bertz CT molecular complexity index is 988. The molecule has 1 amide bonds. The van der Waals surface area contributed by atoms with Gasteiger partial charge >= 0.3 is 0 Å². The first-order valence-electron chi connectivity index (χ1n) is 7.84. The number of phenols is 1. The van der Waals surface area contributed by atoms with Crippen LogP contribution in [0.2, 0.25) is 0 Å². The molecule has 1 aromatic heterocycles. The smallest absolute Gasteiger partial charge is 0.256 e. The topological polar surface area (TPSA) is 74.4 Å². The molecule has 0 aliphatic carbocycles. The third-order valence-corrected chi connectivity index (χ3v) is 4.24. The van der Waals surface area contributed by atoms with Crippen molar-refractivity contribution in [2.45, 2.75) is 0 Å². The number of anilines is 1. The quantitative estimate of drug-likeness (QED) is 0.637. The van der Waals surface area contributed by atoms with Crippen LogP contribution in [0.5, 0.6) is 11.5 Å². The average molecular weight is 332 g/mol. The lowest BCUT2D eigenvalue weighted by Crippen LogP contribution is -2.03. The van der Waals surface area contributed by atoms with Gasteiger partial charge in [0.2, 0.25) is 0 Å². The highest BCUT2D eigenvalue weighted by Gasteiger charge is 2.24. The Morgan fingerprint density at radius 2 is 1.88 bits per heavy atom. The van der Waals surface area contributed by atoms with Gasteiger partial charge in [0.05, 0.1) is 12.7 Å². The molecular weight excluding hydrogens is 316 g/mol. The number of benzene rings is 2. The SMILES string of the molecule is COc1cc(-c2ccc3c(c2)C(=Cc2ccc[nH]2)C(=O)N3)ccc1O. The van der Waals surface area contributed by atoms with E-state index in [2.05, 4.69) is 10.3 Å². The highest BCUT2D eigenvalue weighted by atomic mass is 16.5. The summed E-state index contributed by atoms with van der Waals surface area (Å²) in [5, 5.41) is 12.6. The lowest BCUT2D eigenvalue weighted by atomic mass is 9.98. The molecule has 0 radical (unpaired) electrons. The Kier molecular flexibility index (Phi) is 3.54. The van der Waals surface area contributed by atoms with Crippen molar-refractivity contribution in [3.05, 3.63) is 66.0 Å². The van der Waals surface area contributed by atoms with Gasteiger partial charge in [0, 0.05) is 23.1 Å². The Morgan fingerprint density at radius 3 is 2.64 bits per heavy atom. The summed E-state index contributed by atoms with van der Waals surface area (Å²) >= 11 is 0. The summed E-state index contributed by atoms with van der Waals surface area (Å²) in [5.41, 5.74) is 4.96. The van der Waals surface area contributed by atoms with E-state index in [1.54, 1.807) is 12.1 Å². The fraction of sp³-hybridized carbons (Fsp3) is 0.0500. The maximum absolute atomic E-state index is 12.3. The number of hydrogen-bond donors (Lipinski definition) is 3. The molecule has 5 nitrogen and oxygen atoms in total. The fourth-order valence-corrected chi connectivity index (χ4v) is 2.96. The number of H-pyrrole nitrogens is 1. The second-order valence-corrected chi connectivity index (χ2v) is 5.78. The molecule has 0 saturated carbocycles. The maximum atomic E-state index is 12.3. The first-order chi connectivity index (χ1) is 12.2. The monoisotopic (exact) mass is 332 g/mol. The zero-order valence-corrected chi connectivity index (χ0v) is 13.5. The van der Waals surface area contributed by atoms with Crippen molar-refractivity contribution in [1.82, 2.24) is 4.98 Å². The fourth-order valence-electron chi connectivity index (χ4n) is 2.96. The predicted molar refractivity (Wildman–Crippen MR) is 97.4 cm³/mol. The second kappa shape index (κ2) is 5.87. The summed E-state index contributed by atoms with van der Waals surface area (Å²) < 4.78 is 5.18. The Labute approximate surface area is 144 Å². The van der Waals surface area contributed by atoms with Gasteiger partial charge in [-0.05, 0) is 53.6 Å². The number of aromatic hydroxyl groups is 1. The van der Waals surface area contributed by atoms with Crippen LogP contribution in [0, 0.1) is 0 Å². The molecule has 0 unspecified atom stereocenters. The Balaban J connectivity index is 1.80. The van der Waals surface area contributed by atoms with E-state index >= 15 is 0 Å². The van der Waals surface area contributed by atoms with Crippen LogP contribution in [-0.4, -0.2) is 23.1 Å². The molecule has 124 valence electrons. The minimum atomic E-state index is -0.120. The highest BCUT2D eigenvalue weighted by molar-refractivity contribution is 6.35. The summed E-state index contributed by atoms with van der Waals surface area (Å²) in [4.78, 5) is 15.4. The van der Waals surface area contributed by atoms with Crippen LogP contribution in [0.15, 0.2) is 54.7 Å². The standard InChI is InChI=1S/C20H16N2O3/c1-25-19-10-13(5-7-18(19)23)12-4-6-17-15(9-12)16(20(24)22-17)11-14-3-2-8-21-14/h2-11,21,23H,1H3,(H,22,24). The van der Waals surface area contributed by atoms with Crippen molar-refractivity contribution in [3.8, 4) is 22.6 Å². The van der Waals surface area contributed by atoms with Gasteiger partial charge in [0.15, 0.2) is 11.5 Å². The van der Waals surface area contributed by atoms with Crippen molar-refractivity contribution >= 4 is 23.2 Å². The van der Waals surface area contributed by atoms with Gasteiger partial charge in [-0.2, -0.15) is 0 Å². The van der Waals surface area contributed by atoms with Gasteiger partial charge in [-0.25, -0.2) is 0 Å². The first-order valence-corrected chi connectivity index (χ1v) is 7.84. The summed E-state index contributed by atoms with van der Waals surface area (Å²) in [6, 6.07) is 14.8. The number of fused-ring (bicyclic) bond motifs is 1. The Morgan fingerprint density at radius 1 is 1.08 bits per heavy atom. The normalized spacial score (nSPS) is 14.4. The van der Waals surface area contributed by atoms with Gasteiger partial charge in [0.25, 0.3) is 5.91 Å². The highest BCUT2D eigenvalue weighted by Crippen LogP contribution is 2.38. The van der Waals surface area contributed by atoms with Crippen molar-refractivity contribution < 1.29 is 14.6 Å². The maximum Gasteiger partial charge on any atom is 0.256 e. The molecule has 0 fully saturated rings. The molecule has 0 bridgehead atoms. The number of carbonyl (C=O) groups is 1. The number of amides is 1. The molecule has 0 saturated heterocycles. The summed E-state index contributed by atoms with van der Waals surface area (Å²) in [7, 11) is 1.52. The summed E-state index contributed by atoms with van der Waals surface area (Å²) in [6.45, 7) is 0. The molecule has 4 rings (SSSR count). The number of nitrogens with one attached hydrogen (secondary N) is 2. The van der Waals surface area contributed by atoms with E-state index in [1.165, 1.54) is 7.11 Å². The molecule has 2 heterocycles. The number of ether oxygens (including phenoxy) is 1. The van der Waals surface area contributed by atoms with Gasteiger partial charge in [0.1, 0.15) is 0 Å². The van der Waals surface area contributed by atoms with E-state index in [9.17, 15) is 9.90 Å². The van der Waals surface area contributed by atoms with Crippen LogP contribution in [0.4, 0.5) is 5.69 Å². The van der Waals surface area contributed by atoms with E-state index in [0.717, 1.165) is 28.1 Å². The third-order valence-electron chi connectivity index (χ3n) is 4.24. The third kappa shape index (κ3) is 2.65. The number of aromatic amines is 1. The number of aromatic nitrogens is 1. The number of rotatable bonds is 3. The summed E-state index contributed by atoms with van der Waals surface area (Å²) in [5.74, 6) is 0.385. The van der Waals surface area contributed by atoms with Crippen LogP contribution in [0.25, 0.3) is 22.8 Å². The zero-order valence-electron chi connectivity index (χ0n) is 13.5. The lowest BCUT2D eigenvalue weighted by molar-refractivity contribution is -0.110. The van der Waals surface area contributed by atoms with Crippen molar-refractivity contribution in [2.24, 2.45) is 0 Å². The van der Waals surface area contributed by atoms with E-state index in [-0.39, 0.29) is 11.7 Å². The van der Waals surface area contributed by atoms with Crippen LogP contribution in [0.3, 0.4) is 0 Å². The zero-order chi connectivity index (χ0) is 17.4. The Hall–Kier alpha value is -3.47. The summed E-state index contributed by atoms with van der Waals surface area (Å²) in [6.07, 6.45) is 3.65. The van der Waals surface area contributed by atoms with E-state index in [4.69, 9.17) is 4.74 Å². The van der Waals surface area contributed by atoms with Gasteiger partial charge in [-0.15, -0.1) is 0 Å².